The van der Waals surface area contributed by atoms with Crippen LogP contribution in [0.15, 0.2) is 18.2 Å². The maximum atomic E-state index is 10.8. The third-order valence-corrected chi connectivity index (χ3v) is 4.06. The lowest BCUT2D eigenvalue weighted by atomic mass is 10.1. The van der Waals surface area contributed by atoms with Crippen LogP contribution in [0.1, 0.15) is 22.8 Å². The highest BCUT2D eigenvalue weighted by molar-refractivity contribution is 7.99. The minimum absolute atomic E-state index is 0.111. The van der Waals surface area contributed by atoms with Crippen LogP contribution >= 0.6 is 11.8 Å². The van der Waals surface area contributed by atoms with Gasteiger partial charge in [0.2, 0.25) is 0 Å². The van der Waals surface area contributed by atoms with Crippen LogP contribution < -0.4 is 5.32 Å². The molecule has 0 fully saturated rings. The number of aliphatic hydroxyl groups excluding tert-OH is 1. The van der Waals surface area contributed by atoms with Crippen LogP contribution in [0.3, 0.4) is 0 Å². The standard InChI is InChI=1S/C13H19NO3S/c1-8-6-10(13(16)17)4-5-11(8)14-9(2)12(7-15)18-3/h4-6,9,12,14-15H,7H2,1-3H3,(H,16,17). The number of benzene rings is 1. The quantitative estimate of drug-likeness (QED) is 0.738. The van der Waals surface area contributed by atoms with Crippen LogP contribution in [0.5, 0.6) is 0 Å². The molecule has 0 saturated heterocycles. The summed E-state index contributed by atoms with van der Waals surface area (Å²) in [5.74, 6) is -0.921. The van der Waals surface area contributed by atoms with Gasteiger partial charge < -0.3 is 15.5 Å². The fourth-order valence-electron chi connectivity index (χ4n) is 1.73. The third-order valence-electron chi connectivity index (χ3n) is 2.90. The van der Waals surface area contributed by atoms with Crippen molar-refractivity contribution < 1.29 is 15.0 Å². The molecule has 0 aliphatic carbocycles. The maximum absolute atomic E-state index is 10.8. The monoisotopic (exact) mass is 269 g/mol. The van der Waals surface area contributed by atoms with Crippen molar-refractivity contribution in [3.63, 3.8) is 0 Å². The maximum Gasteiger partial charge on any atom is 0.335 e. The highest BCUT2D eigenvalue weighted by Gasteiger charge is 2.16. The van der Waals surface area contributed by atoms with E-state index in [-0.39, 0.29) is 23.5 Å². The number of nitrogens with one attached hydrogen (secondary N) is 1. The number of thioether (sulfide) groups is 1. The number of rotatable bonds is 6. The van der Waals surface area contributed by atoms with E-state index in [1.165, 1.54) is 0 Å². The molecule has 0 aliphatic heterocycles. The summed E-state index contributed by atoms with van der Waals surface area (Å²) in [7, 11) is 0. The van der Waals surface area contributed by atoms with Gasteiger partial charge in [-0.3, -0.25) is 0 Å². The molecule has 0 saturated carbocycles. The average molecular weight is 269 g/mol. The van der Waals surface area contributed by atoms with Gasteiger partial charge in [0, 0.05) is 17.0 Å². The van der Waals surface area contributed by atoms with Crippen molar-refractivity contribution in [2.45, 2.75) is 25.1 Å². The smallest absolute Gasteiger partial charge is 0.335 e. The Bertz CT molecular complexity index is 419. The first-order chi connectivity index (χ1) is 8.49. The first kappa shape index (κ1) is 14.9. The molecule has 0 amide bonds. The predicted octanol–water partition coefficient (Wildman–Crippen LogP) is 2.22. The molecule has 1 aromatic carbocycles. The molecule has 18 heavy (non-hydrogen) atoms. The predicted molar refractivity (Wildman–Crippen MR) is 75.6 cm³/mol. The molecule has 3 N–H and O–H groups in total. The molecule has 0 aliphatic rings. The van der Waals surface area contributed by atoms with Gasteiger partial charge in [-0.05, 0) is 43.9 Å². The second-order valence-corrected chi connectivity index (χ2v) is 5.30. The summed E-state index contributed by atoms with van der Waals surface area (Å²) < 4.78 is 0. The van der Waals surface area contributed by atoms with Crippen molar-refractivity contribution in [3.05, 3.63) is 29.3 Å². The molecular weight excluding hydrogens is 250 g/mol. The van der Waals surface area contributed by atoms with Crippen LogP contribution in [-0.4, -0.2) is 40.3 Å². The van der Waals surface area contributed by atoms with Crippen molar-refractivity contribution in [2.24, 2.45) is 0 Å². The first-order valence-corrected chi connectivity index (χ1v) is 7.02. The average Bonchev–Trinajstić information content (AvgIpc) is 2.33. The highest BCUT2D eigenvalue weighted by Crippen LogP contribution is 2.20. The molecule has 5 heteroatoms. The van der Waals surface area contributed by atoms with Gasteiger partial charge in [-0.2, -0.15) is 11.8 Å². The Labute approximate surface area is 111 Å². The van der Waals surface area contributed by atoms with Crippen molar-refractivity contribution in [3.8, 4) is 0 Å². The van der Waals surface area contributed by atoms with E-state index in [9.17, 15) is 9.90 Å². The number of carboxylic acids is 1. The Balaban J connectivity index is 2.82. The lowest BCUT2D eigenvalue weighted by Gasteiger charge is -2.23. The molecule has 0 spiro atoms. The zero-order valence-electron chi connectivity index (χ0n) is 10.8. The fraction of sp³-hybridized carbons (Fsp3) is 0.462. The Morgan fingerprint density at radius 3 is 2.61 bits per heavy atom. The van der Waals surface area contributed by atoms with Crippen LogP contribution in [0.2, 0.25) is 0 Å². The molecule has 100 valence electrons. The van der Waals surface area contributed by atoms with Crippen molar-refractivity contribution in [1.29, 1.82) is 0 Å². The second-order valence-electron chi connectivity index (χ2n) is 4.22. The number of carboxylic acid groups (broad SMARTS) is 1. The summed E-state index contributed by atoms with van der Waals surface area (Å²) in [5.41, 5.74) is 2.08. The lowest BCUT2D eigenvalue weighted by molar-refractivity contribution is 0.0697. The summed E-state index contributed by atoms with van der Waals surface area (Å²) in [6, 6.07) is 5.10. The number of aryl methyl sites for hydroxylation is 1. The molecule has 4 nitrogen and oxygen atoms in total. The van der Waals surface area contributed by atoms with E-state index in [1.54, 1.807) is 30.0 Å². The van der Waals surface area contributed by atoms with E-state index in [4.69, 9.17) is 5.11 Å². The van der Waals surface area contributed by atoms with E-state index in [1.807, 2.05) is 20.1 Å². The van der Waals surface area contributed by atoms with Gasteiger partial charge in [-0.25, -0.2) is 4.79 Å². The zero-order chi connectivity index (χ0) is 13.7. The van der Waals surface area contributed by atoms with E-state index in [0.717, 1.165) is 11.3 Å². The van der Waals surface area contributed by atoms with Crippen LogP contribution in [0.25, 0.3) is 0 Å². The Hall–Kier alpha value is -1.20. The number of anilines is 1. The second kappa shape index (κ2) is 6.66. The third kappa shape index (κ3) is 3.65. The van der Waals surface area contributed by atoms with E-state index < -0.39 is 5.97 Å². The number of carbonyl (C=O) groups is 1. The molecule has 1 aromatic rings. The fourth-order valence-corrected chi connectivity index (χ4v) is 2.36. The van der Waals surface area contributed by atoms with Crippen LogP contribution in [0.4, 0.5) is 5.69 Å². The summed E-state index contributed by atoms with van der Waals surface area (Å²) >= 11 is 1.60. The SMILES string of the molecule is CSC(CO)C(C)Nc1ccc(C(=O)O)cc1C. The summed E-state index contributed by atoms with van der Waals surface area (Å²) in [6.45, 7) is 3.98. The molecule has 1 rings (SSSR count). The Morgan fingerprint density at radius 1 is 1.50 bits per heavy atom. The van der Waals surface area contributed by atoms with Gasteiger partial charge in [-0.15, -0.1) is 0 Å². The molecule has 0 heterocycles. The number of aromatic carboxylic acids is 1. The van der Waals surface area contributed by atoms with Gasteiger partial charge >= 0.3 is 5.97 Å². The van der Waals surface area contributed by atoms with Crippen molar-refractivity contribution in [2.75, 3.05) is 18.2 Å². The first-order valence-electron chi connectivity index (χ1n) is 5.73. The van der Waals surface area contributed by atoms with Gasteiger partial charge in [0.25, 0.3) is 0 Å². The summed E-state index contributed by atoms with van der Waals surface area (Å²) in [5, 5.41) is 21.5. The summed E-state index contributed by atoms with van der Waals surface area (Å²) in [6.07, 6.45) is 1.96. The molecule has 2 unspecified atom stereocenters. The van der Waals surface area contributed by atoms with Gasteiger partial charge in [0.05, 0.1) is 12.2 Å². The minimum atomic E-state index is -0.921. The van der Waals surface area contributed by atoms with Gasteiger partial charge in [0.15, 0.2) is 0 Å². The molecule has 0 radical (unpaired) electrons. The van der Waals surface area contributed by atoms with Crippen molar-refractivity contribution in [1.82, 2.24) is 0 Å². The lowest BCUT2D eigenvalue weighted by Crippen LogP contribution is -2.31. The number of aliphatic hydroxyl groups is 1. The van der Waals surface area contributed by atoms with Crippen molar-refractivity contribution >= 4 is 23.4 Å². The topological polar surface area (TPSA) is 69.6 Å². The minimum Gasteiger partial charge on any atom is -0.478 e. The highest BCUT2D eigenvalue weighted by atomic mass is 32.2. The molecule has 0 aromatic heterocycles. The molecular formula is C13H19NO3S. The Morgan fingerprint density at radius 2 is 2.17 bits per heavy atom. The normalized spacial score (nSPS) is 14.0. The van der Waals surface area contributed by atoms with E-state index in [0.29, 0.717) is 0 Å². The number of hydrogen-bond donors (Lipinski definition) is 3. The Kier molecular flexibility index (Phi) is 5.50. The van der Waals surface area contributed by atoms with Gasteiger partial charge in [0.1, 0.15) is 0 Å². The molecule has 2 atom stereocenters. The van der Waals surface area contributed by atoms with E-state index >= 15 is 0 Å². The van der Waals surface area contributed by atoms with Gasteiger partial charge in [-0.1, -0.05) is 0 Å². The zero-order valence-corrected chi connectivity index (χ0v) is 11.6. The van der Waals surface area contributed by atoms with Crippen LogP contribution in [0, 0.1) is 6.92 Å². The summed E-state index contributed by atoms with van der Waals surface area (Å²) in [4.78, 5) is 10.8. The largest absolute Gasteiger partial charge is 0.478 e. The number of hydrogen-bond acceptors (Lipinski definition) is 4. The van der Waals surface area contributed by atoms with Crippen LogP contribution in [-0.2, 0) is 0 Å². The molecule has 0 bridgehead atoms. The van der Waals surface area contributed by atoms with E-state index in [2.05, 4.69) is 5.32 Å².